The predicted octanol–water partition coefficient (Wildman–Crippen LogP) is 3.80. The number of anilines is 1. The maximum Gasteiger partial charge on any atom is 0.337 e. The molecule has 0 saturated carbocycles. The van der Waals surface area contributed by atoms with E-state index in [1.807, 2.05) is 23.1 Å². The second kappa shape index (κ2) is 8.93. The zero-order chi connectivity index (χ0) is 20.1. The van der Waals surface area contributed by atoms with Crippen LogP contribution in [0.4, 0.5) is 5.69 Å². The summed E-state index contributed by atoms with van der Waals surface area (Å²) >= 11 is 6.12. The van der Waals surface area contributed by atoms with Gasteiger partial charge in [-0.05, 0) is 48.4 Å². The number of esters is 1. The fraction of sp³-hybridized carbons (Fsp3) is 0.273. The van der Waals surface area contributed by atoms with Gasteiger partial charge in [0.25, 0.3) is 0 Å². The summed E-state index contributed by atoms with van der Waals surface area (Å²) in [5.74, 6) is -0.390. The van der Waals surface area contributed by atoms with E-state index in [0.29, 0.717) is 18.7 Å². The Morgan fingerprint density at radius 3 is 2.36 bits per heavy atom. The van der Waals surface area contributed by atoms with Gasteiger partial charge < -0.3 is 14.5 Å². The van der Waals surface area contributed by atoms with Crippen molar-refractivity contribution in [2.24, 2.45) is 0 Å². The SMILES string of the molecule is COC(=O)c1ccc(/C=C/C(=O)N2CCN(c3cc(Cl)ccc3C)CC2)cc1. The second-order valence-electron chi connectivity index (χ2n) is 6.69. The molecule has 0 unspecified atom stereocenters. The Balaban J connectivity index is 1.57. The molecule has 0 spiro atoms. The van der Waals surface area contributed by atoms with Crippen LogP contribution in [0.5, 0.6) is 0 Å². The topological polar surface area (TPSA) is 49.9 Å². The van der Waals surface area contributed by atoms with Gasteiger partial charge in [0.15, 0.2) is 0 Å². The molecule has 0 aliphatic carbocycles. The highest BCUT2D eigenvalue weighted by Crippen LogP contribution is 2.25. The van der Waals surface area contributed by atoms with Crippen molar-refractivity contribution in [1.29, 1.82) is 0 Å². The van der Waals surface area contributed by atoms with Crippen molar-refractivity contribution in [3.63, 3.8) is 0 Å². The fourth-order valence-electron chi connectivity index (χ4n) is 3.21. The number of halogens is 1. The average molecular weight is 399 g/mol. The summed E-state index contributed by atoms with van der Waals surface area (Å²) in [6.07, 6.45) is 3.34. The van der Waals surface area contributed by atoms with Gasteiger partial charge in [-0.3, -0.25) is 4.79 Å². The third-order valence-electron chi connectivity index (χ3n) is 4.85. The van der Waals surface area contributed by atoms with Gasteiger partial charge in [0.1, 0.15) is 0 Å². The summed E-state index contributed by atoms with van der Waals surface area (Å²) < 4.78 is 4.68. The molecule has 1 fully saturated rings. The maximum atomic E-state index is 12.5. The number of benzene rings is 2. The molecule has 3 rings (SSSR count). The molecule has 5 nitrogen and oxygen atoms in total. The lowest BCUT2D eigenvalue weighted by Gasteiger charge is -2.36. The number of hydrogen-bond donors (Lipinski definition) is 0. The number of hydrogen-bond acceptors (Lipinski definition) is 4. The molecular weight excluding hydrogens is 376 g/mol. The third-order valence-corrected chi connectivity index (χ3v) is 5.09. The van der Waals surface area contributed by atoms with Crippen LogP contribution in [0.15, 0.2) is 48.5 Å². The Morgan fingerprint density at radius 2 is 1.71 bits per heavy atom. The van der Waals surface area contributed by atoms with Crippen molar-refractivity contribution in [3.05, 3.63) is 70.3 Å². The summed E-state index contributed by atoms with van der Waals surface area (Å²) in [5, 5.41) is 0.722. The standard InChI is InChI=1S/C22H23ClN2O3/c1-16-3-9-19(23)15-20(16)24-11-13-25(14-12-24)21(26)10-6-17-4-7-18(8-5-17)22(27)28-2/h3-10,15H,11-14H2,1-2H3/b10-6+. The molecule has 0 aromatic heterocycles. The molecule has 1 saturated heterocycles. The molecule has 6 heteroatoms. The zero-order valence-electron chi connectivity index (χ0n) is 16.0. The highest BCUT2D eigenvalue weighted by molar-refractivity contribution is 6.30. The van der Waals surface area contributed by atoms with Gasteiger partial charge in [0.05, 0.1) is 12.7 Å². The van der Waals surface area contributed by atoms with E-state index >= 15 is 0 Å². The molecule has 1 heterocycles. The number of rotatable bonds is 4. The maximum absolute atomic E-state index is 12.5. The summed E-state index contributed by atoms with van der Waals surface area (Å²) in [6.45, 7) is 4.94. The van der Waals surface area contributed by atoms with Crippen LogP contribution < -0.4 is 4.90 Å². The van der Waals surface area contributed by atoms with Gasteiger partial charge in [0.2, 0.25) is 5.91 Å². The molecule has 146 valence electrons. The second-order valence-corrected chi connectivity index (χ2v) is 7.13. The normalized spacial score (nSPS) is 14.4. The highest BCUT2D eigenvalue weighted by Gasteiger charge is 2.21. The monoisotopic (exact) mass is 398 g/mol. The quantitative estimate of drug-likeness (QED) is 0.580. The van der Waals surface area contributed by atoms with E-state index in [1.165, 1.54) is 12.7 Å². The van der Waals surface area contributed by atoms with Crippen molar-refractivity contribution >= 4 is 35.2 Å². The van der Waals surface area contributed by atoms with Crippen molar-refractivity contribution in [2.45, 2.75) is 6.92 Å². The van der Waals surface area contributed by atoms with Crippen LogP contribution in [-0.4, -0.2) is 50.1 Å². The van der Waals surface area contributed by atoms with Crippen LogP contribution in [-0.2, 0) is 9.53 Å². The Hall–Kier alpha value is -2.79. The van der Waals surface area contributed by atoms with Crippen molar-refractivity contribution in [1.82, 2.24) is 4.90 Å². The number of carbonyl (C=O) groups is 2. The van der Waals surface area contributed by atoms with Crippen LogP contribution in [0.25, 0.3) is 6.08 Å². The first-order valence-corrected chi connectivity index (χ1v) is 9.52. The number of piperazine rings is 1. The van der Waals surface area contributed by atoms with Crippen LogP contribution >= 0.6 is 11.6 Å². The average Bonchev–Trinajstić information content (AvgIpc) is 2.73. The number of nitrogens with zero attached hydrogens (tertiary/aromatic N) is 2. The van der Waals surface area contributed by atoms with E-state index in [2.05, 4.69) is 16.6 Å². The number of aryl methyl sites for hydroxylation is 1. The molecule has 0 radical (unpaired) electrons. The minimum atomic E-state index is -0.376. The zero-order valence-corrected chi connectivity index (χ0v) is 16.8. The number of carbonyl (C=O) groups excluding carboxylic acids is 2. The first-order chi connectivity index (χ1) is 13.5. The summed E-state index contributed by atoms with van der Waals surface area (Å²) in [5.41, 5.74) is 3.65. The largest absolute Gasteiger partial charge is 0.465 e. The molecule has 1 amide bonds. The first-order valence-electron chi connectivity index (χ1n) is 9.14. The van der Waals surface area contributed by atoms with E-state index in [1.54, 1.807) is 36.4 Å². The lowest BCUT2D eigenvalue weighted by atomic mass is 10.1. The van der Waals surface area contributed by atoms with Gasteiger partial charge in [-0.15, -0.1) is 0 Å². The number of methoxy groups -OCH3 is 1. The van der Waals surface area contributed by atoms with Gasteiger partial charge in [-0.25, -0.2) is 4.79 Å². The Bertz CT molecular complexity index is 885. The van der Waals surface area contributed by atoms with E-state index in [-0.39, 0.29) is 11.9 Å². The van der Waals surface area contributed by atoms with Crippen molar-refractivity contribution < 1.29 is 14.3 Å². The molecule has 0 bridgehead atoms. The Morgan fingerprint density at radius 1 is 1.04 bits per heavy atom. The van der Waals surface area contributed by atoms with Gasteiger partial charge in [0, 0.05) is 43.0 Å². The smallest absolute Gasteiger partial charge is 0.337 e. The molecule has 2 aromatic carbocycles. The third kappa shape index (κ3) is 4.73. The Labute approximate surface area is 170 Å². The van der Waals surface area contributed by atoms with Crippen LogP contribution in [0.1, 0.15) is 21.5 Å². The van der Waals surface area contributed by atoms with E-state index in [4.69, 9.17) is 11.6 Å². The van der Waals surface area contributed by atoms with E-state index < -0.39 is 0 Å². The molecule has 1 aliphatic heterocycles. The molecule has 1 aliphatic rings. The van der Waals surface area contributed by atoms with Gasteiger partial charge in [-0.2, -0.15) is 0 Å². The predicted molar refractivity (Wildman–Crippen MR) is 112 cm³/mol. The summed E-state index contributed by atoms with van der Waals surface area (Å²) in [6, 6.07) is 12.8. The highest BCUT2D eigenvalue weighted by atomic mass is 35.5. The molecular formula is C22H23ClN2O3. The number of ether oxygens (including phenoxy) is 1. The molecule has 28 heavy (non-hydrogen) atoms. The lowest BCUT2D eigenvalue weighted by Crippen LogP contribution is -2.48. The van der Waals surface area contributed by atoms with Crippen molar-refractivity contribution in [2.75, 3.05) is 38.2 Å². The van der Waals surface area contributed by atoms with Crippen molar-refractivity contribution in [3.8, 4) is 0 Å². The Kier molecular flexibility index (Phi) is 6.37. The minimum Gasteiger partial charge on any atom is -0.465 e. The van der Waals surface area contributed by atoms with Crippen LogP contribution in [0.3, 0.4) is 0 Å². The van der Waals surface area contributed by atoms with Gasteiger partial charge in [-0.1, -0.05) is 29.8 Å². The lowest BCUT2D eigenvalue weighted by molar-refractivity contribution is -0.126. The molecule has 0 N–H and O–H groups in total. The van der Waals surface area contributed by atoms with Gasteiger partial charge >= 0.3 is 5.97 Å². The summed E-state index contributed by atoms with van der Waals surface area (Å²) in [4.78, 5) is 28.0. The molecule has 2 aromatic rings. The summed E-state index contributed by atoms with van der Waals surface area (Å²) in [7, 11) is 1.35. The van der Waals surface area contributed by atoms with Crippen LogP contribution in [0, 0.1) is 6.92 Å². The van der Waals surface area contributed by atoms with Crippen LogP contribution in [0.2, 0.25) is 5.02 Å². The van der Waals surface area contributed by atoms with E-state index in [0.717, 1.165) is 29.4 Å². The molecule has 0 atom stereocenters. The minimum absolute atomic E-state index is 0.0143. The number of amides is 1. The fourth-order valence-corrected chi connectivity index (χ4v) is 3.38. The first kappa shape index (κ1) is 20.0. The van der Waals surface area contributed by atoms with E-state index in [9.17, 15) is 9.59 Å².